The van der Waals surface area contributed by atoms with Gasteiger partial charge in [0.2, 0.25) is 0 Å². The normalized spacial score (nSPS) is 12.7. The summed E-state index contributed by atoms with van der Waals surface area (Å²) in [6.45, 7) is 9.41. The van der Waals surface area contributed by atoms with Crippen LogP contribution in [0.5, 0.6) is 0 Å². The third-order valence-electron chi connectivity index (χ3n) is 22.2. The van der Waals surface area contributed by atoms with Gasteiger partial charge in [-0.1, -0.05) is 367 Å². The second-order valence-corrected chi connectivity index (χ2v) is 29.7. The Hall–Kier alpha value is -13.9. The van der Waals surface area contributed by atoms with Gasteiger partial charge in [0.1, 0.15) is 0 Å². The molecule has 0 aliphatic heterocycles. The minimum Gasteiger partial charge on any atom is -0.208 e. The lowest BCUT2D eigenvalue weighted by molar-refractivity contribution is 0.666. The van der Waals surface area contributed by atoms with E-state index >= 15 is 0 Å². The maximum atomic E-state index is 5.17. The molecule has 110 heavy (non-hydrogen) atoms. The van der Waals surface area contributed by atoms with Gasteiger partial charge in [0, 0.05) is 44.2 Å². The van der Waals surface area contributed by atoms with Crippen molar-refractivity contribution in [1.29, 1.82) is 0 Å². The molecule has 0 saturated carbocycles. The van der Waals surface area contributed by atoms with E-state index in [1.165, 1.54) is 88.3 Å². The van der Waals surface area contributed by atoms with Crippen LogP contribution < -0.4 is 0 Å². The second-order valence-electron chi connectivity index (χ2n) is 29.7. The molecule has 0 fully saturated rings. The highest BCUT2D eigenvalue weighted by Crippen LogP contribution is 2.53. The Bertz CT molecular complexity index is 6570. The van der Waals surface area contributed by atoms with E-state index in [-0.39, 0.29) is 10.8 Å². The number of rotatable bonds is 12. The van der Waals surface area contributed by atoms with Crippen molar-refractivity contribution < 1.29 is 0 Å². The summed E-state index contributed by atoms with van der Waals surface area (Å²) in [5, 5.41) is 5.16. The van der Waals surface area contributed by atoms with Crippen LogP contribution in [0.4, 0.5) is 0 Å². The lowest BCUT2D eigenvalue weighted by atomic mass is 9.80. The molecule has 520 valence electrons. The molecule has 18 aromatic rings. The molecule has 0 amide bonds. The van der Waals surface area contributed by atoms with E-state index in [0.29, 0.717) is 34.9 Å². The summed E-state index contributed by atoms with van der Waals surface area (Å²) in [5.41, 5.74) is 30.3. The van der Waals surface area contributed by atoms with Gasteiger partial charge in [-0.15, -0.1) is 0 Å². The first-order valence-electron chi connectivity index (χ1n) is 37.7. The third-order valence-corrected chi connectivity index (χ3v) is 22.2. The van der Waals surface area contributed by atoms with Gasteiger partial charge in [-0.05, 0) is 169 Å². The second kappa shape index (κ2) is 27.8. The topological polar surface area (TPSA) is 77.3 Å². The molecule has 0 spiro atoms. The maximum Gasteiger partial charge on any atom is 0.164 e. The molecule has 0 unspecified atom stereocenters. The van der Waals surface area contributed by atoms with Crippen LogP contribution in [0.2, 0.25) is 0 Å². The zero-order valence-corrected chi connectivity index (χ0v) is 61.5. The number of hydrogen-bond acceptors (Lipinski definition) is 6. The first kappa shape index (κ1) is 66.7. The van der Waals surface area contributed by atoms with Crippen molar-refractivity contribution in [3.05, 3.63) is 398 Å². The van der Waals surface area contributed by atoms with Gasteiger partial charge >= 0.3 is 0 Å². The number of fused-ring (bicyclic) bond motifs is 10. The van der Waals surface area contributed by atoms with Crippen molar-refractivity contribution in [1.82, 2.24) is 29.9 Å². The highest BCUT2D eigenvalue weighted by Gasteiger charge is 2.38. The molecule has 20 rings (SSSR count). The van der Waals surface area contributed by atoms with Gasteiger partial charge in [0.25, 0.3) is 0 Å². The Kier molecular flexibility index (Phi) is 16.8. The summed E-state index contributed by atoms with van der Waals surface area (Å²) in [6.07, 6.45) is 0. The molecule has 2 aliphatic carbocycles. The molecule has 0 atom stereocenters. The van der Waals surface area contributed by atoms with E-state index < -0.39 is 0 Å². The molecule has 16 aromatic carbocycles. The number of benzene rings is 16. The molecular formula is C104H74N6. The van der Waals surface area contributed by atoms with Gasteiger partial charge in [-0.2, -0.15) is 0 Å². The van der Waals surface area contributed by atoms with E-state index in [9.17, 15) is 0 Å². The smallest absolute Gasteiger partial charge is 0.164 e. The minimum absolute atomic E-state index is 0.0496. The fourth-order valence-corrected chi connectivity index (χ4v) is 16.7. The van der Waals surface area contributed by atoms with E-state index in [2.05, 4.69) is 343 Å². The first-order valence-corrected chi connectivity index (χ1v) is 37.7. The van der Waals surface area contributed by atoms with E-state index in [4.69, 9.17) is 29.9 Å². The lowest BCUT2D eigenvalue weighted by Gasteiger charge is -2.23. The molecule has 6 nitrogen and oxygen atoms in total. The van der Waals surface area contributed by atoms with Crippen molar-refractivity contribution in [3.63, 3.8) is 0 Å². The molecule has 0 radical (unpaired) electrons. The van der Waals surface area contributed by atoms with Crippen molar-refractivity contribution in [2.24, 2.45) is 0 Å². The van der Waals surface area contributed by atoms with E-state index in [1.54, 1.807) is 0 Å². The summed E-state index contributed by atoms with van der Waals surface area (Å²) in [6, 6.07) is 133. The monoisotopic (exact) mass is 1410 g/mol. The Balaban J connectivity index is 0.000000149. The van der Waals surface area contributed by atoms with E-state index in [1.807, 2.05) is 60.7 Å². The fourth-order valence-electron chi connectivity index (χ4n) is 16.7. The highest BCUT2D eigenvalue weighted by molar-refractivity contribution is 6.01. The Morgan fingerprint density at radius 2 is 0.427 bits per heavy atom. The third kappa shape index (κ3) is 12.3. The van der Waals surface area contributed by atoms with Crippen molar-refractivity contribution >= 4 is 21.5 Å². The minimum atomic E-state index is -0.0590. The summed E-state index contributed by atoms with van der Waals surface area (Å²) in [7, 11) is 0. The SMILES string of the molecule is CC1(C)c2ccccc2-c2ccc3cc(-c4cccc(-c5cccc(-c6nc(-c7ccccc7)nc(-c7ccc(-c8ccccc8)cc7)n6)c5)c4)ccc3c21.CC1(C)c2ccccc2-c2ccc3cc(-c4cccc(-c5ccccc5-c5nc(-c6ccccc6)nc(-c6cccc(-c7ccccc7)c6)n5)c4)ccc3c21. The lowest BCUT2D eigenvalue weighted by Crippen LogP contribution is -2.15. The number of hydrogen-bond donors (Lipinski definition) is 0. The van der Waals surface area contributed by atoms with Crippen LogP contribution in [0, 0.1) is 0 Å². The molecule has 2 heterocycles. The zero-order chi connectivity index (χ0) is 73.9. The fraction of sp³-hybridized carbons (Fsp3) is 0.0577. The number of aromatic nitrogens is 6. The van der Waals surface area contributed by atoms with E-state index in [0.717, 1.165) is 77.9 Å². The average molecular weight is 1410 g/mol. The zero-order valence-electron chi connectivity index (χ0n) is 61.5. The van der Waals surface area contributed by atoms with Gasteiger partial charge in [0.15, 0.2) is 34.9 Å². The average Bonchev–Trinajstić information content (AvgIpc) is 1.57. The van der Waals surface area contributed by atoms with Gasteiger partial charge in [-0.3, -0.25) is 0 Å². The van der Waals surface area contributed by atoms with Crippen LogP contribution in [0.15, 0.2) is 376 Å². The quantitative estimate of drug-likeness (QED) is 0.121. The highest BCUT2D eigenvalue weighted by atomic mass is 15.0. The van der Waals surface area contributed by atoms with Gasteiger partial charge in [-0.25, -0.2) is 29.9 Å². The Labute approximate surface area is 641 Å². The van der Waals surface area contributed by atoms with Crippen LogP contribution in [-0.4, -0.2) is 29.9 Å². The largest absolute Gasteiger partial charge is 0.208 e. The summed E-state index contributed by atoms with van der Waals surface area (Å²) >= 11 is 0. The summed E-state index contributed by atoms with van der Waals surface area (Å²) in [5.74, 6) is 3.85. The predicted molar refractivity (Wildman–Crippen MR) is 455 cm³/mol. The molecular weight excluding hydrogens is 1330 g/mol. The summed E-state index contributed by atoms with van der Waals surface area (Å²) < 4.78 is 0. The molecule has 0 bridgehead atoms. The van der Waals surface area contributed by atoms with Crippen LogP contribution in [0.1, 0.15) is 49.9 Å². The van der Waals surface area contributed by atoms with Crippen LogP contribution >= 0.6 is 0 Å². The Morgan fingerprint density at radius 3 is 0.864 bits per heavy atom. The molecule has 0 saturated heterocycles. The summed E-state index contributed by atoms with van der Waals surface area (Å²) in [4.78, 5) is 30.4. The molecule has 2 aromatic heterocycles. The first-order chi connectivity index (χ1) is 54.0. The van der Waals surface area contributed by atoms with Crippen LogP contribution in [-0.2, 0) is 10.8 Å². The van der Waals surface area contributed by atoms with Crippen molar-refractivity contribution in [2.75, 3.05) is 0 Å². The van der Waals surface area contributed by atoms with Crippen LogP contribution in [0.25, 0.3) is 179 Å². The van der Waals surface area contributed by atoms with Gasteiger partial charge < -0.3 is 0 Å². The molecule has 0 N–H and O–H groups in total. The standard InChI is InChI=1S/2C52H37N3/c1-52(2)47-22-10-9-21-45(47)46-30-28-42-32-41(27-29-44(42)48(46)52)39-18-11-17-38(31-39)40-19-12-20-43(33-40)51-54-49(36-15-7-4-8-16-36)53-50(55-51)37-25-23-35(24-26-37)34-13-5-3-6-14-34;1-52(2)47-26-12-11-24-44(47)45-30-28-40-32-38(27-29-43(40)48(45)52)37-20-13-21-39(31-37)42-23-9-10-25-46(42)51-54-49(35-17-7-4-8-18-35)53-50(55-51)41-22-14-19-36(33-41)34-15-5-3-6-16-34/h2*3-33H,1-2H3. The predicted octanol–water partition coefficient (Wildman–Crippen LogP) is 26.7. The van der Waals surface area contributed by atoms with Crippen LogP contribution in [0.3, 0.4) is 0 Å². The molecule has 2 aliphatic rings. The maximum absolute atomic E-state index is 5.17. The van der Waals surface area contributed by atoms with Crippen molar-refractivity contribution in [3.8, 4) is 157 Å². The van der Waals surface area contributed by atoms with Gasteiger partial charge in [0.05, 0.1) is 0 Å². The Morgan fingerprint density at radius 1 is 0.164 bits per heavy atom. The number of nitrogens with zero attached hydrogens (tertiary/aromatic N) is 6. The van der Waals surface area contributed by atoms with Crippen molar-refractivity contribution in [2.45, 2.75) is 38.5 Å². The molecule has 6 heteroatoms.